The van der Waals surface area contributed by atoms with Crippen molar-refractivity contribution in [3.8, 4) is 22.9 Å². The predicted molar refractivity (Wildman–Crippen MR) is 119 cm³/mol. The highest BCUT2D eigenvalue weighted by Gasteiger charge is 2.27. The van der Waals surface area contributed by atoms with Crippen molar-refractivity contribution in [1.29, 1.82) is 0 Å². The van der Waals surface area contributed by atoms with E-state index in [1.54, 1.807) is 17.9 Å². The number of aromatic amines is 1. The van der Waals surface area contributed by atoms with E-state index in [-0.39, 0.29) is 18.3 Å². The number of aliphatic hydroxyl groups is 1. The number of fused-ring (bicyclic) bond motifs is 5. The topological polar surface area (TPSA) is 106 Å². The van der Waals surface area contributed by atoms with E-state index in [0.29, 0.717) is 51.4 Å². The molecular formula is C23H23N5O4. The lowest BCUT2D eigenvalue weighted by atomic mass is 10.1. The molecule has 0 amide bonds. The minimum atomic E-state index is -0.122. The van der Waals surface area contributed by atoms with Gasteiger partial charge in [0.2, 0.25) is 5.88 Å². The summed E-state index contributed by atoms with van der Waals surface area (Å²) in [5.74, 6) is 0.948. The molecule has 2 aliphatic rings. The summed E-state index contributed by atoms with van der Waals surface area (Å²) in [6, 6.07) is 9.20. The van der Waals surface area contributed by atoms with Crippen LogP contribution in [0.2, 0.25) is 0 Å². The lowest BCUT2D eigenvalue weighted by Crippen LogP contribution is -2.30. The molecule has 2 aliphatic heterocycles. The summed E-state index contributed by atoms with van der Waals surface area (Å²) in [7, 11) is 1.55. The number of nitrogens with zero attached hydrogens (tertiary/aromatic N) is 4. The van der Waals surface area contributed by atoms with Gasteiger partial charge in [-0.2, -0.15) is 0 Å². The molecule has 164 valence electrons. The molecule has 2 atom stereocenters. The minimum absolute atomic E-state index is 0.00119. The first-order valence-corrected chi connectivity index (χ1v) is 10.7. The third-order valence-corrected chi connectivity index (χ3v) is 6.34. The van der Waals surface area contributed by atoms with Crippen LogP contribution in [-0.2, 0) is 13.2 Å². The van der Waals surface area contributed by atoms with Crippen molar-refractivity contribution in [2.45, 2.75) is 25.7 Å². The van der Waals surface area contributed by atoms with Gasteiger partial charge in [0.15, 0.2) is 0 Å². The van der Waals surface area contributed by atoms with Gasteiger partial charge in [0.25, 0.3) is 5.56 Å². The van der Waals surface area contributed by atoms with Gasteiger partial charge >= 0.3 is 0 Å². The molecule has 2 aromatic heterocycles. The summed E-state index contributed by atoms with van der Waals surface area (Å²) in [5, 5.41) is 13.7. The Morgan fingerprint density at radius 1 is 1.25 bits per heavy atom. The fraction of sp³-hybridized carbons (Fsp3) is 0.348. The number of H-pyrrole nitrogens is 1. The number of para-hydroxylation sites is 1. The normalized spacial score (nSPS) is 20.1. The highest BCUT2D eigenvalue weighted by Crippen LogP contribution is 2.36. The molecular weight excluding hydrogens is 410 g/mol. The second-order valence-corrected chi connectivity index (χ2v) is 8.33. The second-order valence-electron chi connectivity index (χ2n) is 8.33. The van der Waals surface area contributed by atoms with Gasteiger partial charge in [-0.15, -0.1) is 0 Å². The number of ether oxygens (including phenoxy) is 2. The van der Waals surface area contributed by atoms with Crippen molar-refractivity contribution >= 4 is 21.9 Å². The lowest BCUT2D eigenvalue weighted by molar-refractivity contribution is 0.199. The van der Waals surface area contributed by atoms with Gasteiger partial charge in [0, 0.05) is 25.2 Å². The number of benzene rings is 2. The molecule has 32 heavy (non-hydrogen) atoms. The van der Waals surface area contributed by atoms with Crippen LogP contribution in [0.15, 0.2) is 35.1 Å². The van der Waals surface area contributed by atoms with Gasteiger partial charge < -0.3 is 14.6 Å². The Hall–Kier alpha value is -3.43. The maximum absolute atomic E-state index is 13.0. The zero-order valence-corrected chi connectivity index (χ0v) is 17.7. The largest absolute Gasteiger partial charge is 0.487 e. The van der Waals surface area contributed by atoms with E-state index in [1.165, 1.54) is 0 Å². The third kappa shape index (κ3) is 2.96. The standard InChI is InChI=1S/C23H23N5O4/c1-31-22-20-15-3-2-4-16-19(15)26-28(23(16)30)8-7-27-6-5-14(11-27)32-18-10-13(12-29)9-17(24-22)21(18)25-20/h2-4,9-10,14,26,29H,5-8,11-12H2,1H3/t14-/m0/s1. The molecule has 9 nitrogen and oxygen atoms in total. The molecule has 0 saturated carbocycles. The SMILES string of the molecule is COc1nc2cc(CO)cc3c2nc1-c1cccc2c(=O)n([nH]c12)CCN1CC[C@@H](C1)O3. The van der Waals surface area contributed by atoms with Crippen molar-refractivity contribution in [2.24, 2.45) is 0 Å². The highest BCUT2D eigenvalue weighted by molar-refractivity contribution is 5.95. The van der Waals surface area contributed by atoms with Crippen molar-refractivity contribution in [1.82, 2.24) is 24.6 Å². The summed E-state index contributed by atoms with van der Waals surface area (Å²) in [5.41, 5.74) is 3.82. The number of hydrogen-bond acceptors (Lipinski definition) is 7. The van der Waals surface area contributed by atoms with Crippen LogP contribution in [0, 0.1) is 0 Å². The Balaban J connectivity index is 1.68. The van der Waals surface area contributed by atoms with Crippen molar-refractivity contribution < 1.29 is 14.6 Å². The van der Waals surface area contributed by atoms with E-state index in [9.17, 15) is 9.90 Å². The summed E-state index contributed by atoms with van der Waals surface area (Å²) in [4.78, 5) is 24.9. The summed E-state index contributed by atoms with van der Waals surface area (Å²) in [6.07, 6.45) is 0.881. The predicted octanol–water partition coefficient (Wildman–Crippen LogP) is 1.91. The summed E-state index contributed by atoms with van der Waals surface area (Å²) in [6.45, 7) is 2.85. The van der Waals surface area contributed by atoms with Gasteiger partial charge in [-0.25, -0.2) is 9.97 Å². The maximum Gasteiger partial charge on any atom is 0.274 e. The molecule has 4 aromatic rings. The fourth-order valence-corrected chi connectivity index (χ4v) is 4.72. The van der Waals surface area contributed by atoms with E-state index < -0.39 is 0 Å². The van der Waals surface area contributed by atoms with Crippen molar-refractivity contribution in [3.63, 3.8) is 0 Å². The molecule has 0 aliphatic carbocycles. The lowest BCUT2D eigenvalue weighted by Gasteiger charge is -2.19. The zero-order valence-electron chi connectivity index (χ0n) is 17.7. The van der Waals surface area contributed by atoms with E-state index >= 15 is 0 Å². The smallest absolute Gasteiger partial charge is 0.274 e. The van der Waals surface area contributed by atoms with Crippen LogP contribution in [0.3, 0.4) is 0 Å². The quantitative estimate of drug-likeness (QED) is 0.497. The summed E-state index contributed by atoms with van der Waals surface area (Å²) >= 11 is 0. The Morgan fingerprint density at radius 3 is 3.00 bits per heavy atom. The number of methoxy groups -OCH3 is 1. The van der Waals surface area contributed by atoms with Crippen LogP contribution in [0.5, 0.6) is 11.6 Å². The van der Waals surface area contributed by atoms with Crippen LogP contribution < -0.4 is 15.0 Å². The molecule has 0 radical (unpaired) electrons. The number of hydrogen-bond donors (Lipinski definition) is 2. The Labute approximate surface area is 183 Å². The van der Waals surface area contributed by atoms with Crippen LogP contribution in [0.25, 0.3) is 33.2 Å². The fourth-order valence-electron chi connectivity index (χ4n) is 4.72. The van der Waals surface area contributed by atoms with Crippen molar-refractivity contribution in [3.05, 3.63) is 46.2 Å². The average Bonchev–Trinajstić information content (AvgIpc) is 3.40. The first-order valence-electron chi connectivity index (χ1n) is 10.7. The monoisotopic (exact) mass is 433 g/mol. The molecule has 1 unspecified atom stereocenters. The molecule has 2 N–H and O–H groups in total. The molecule has 1 saturated heterocycles. The van der Waals surface area contributed by atoms with Gasteiger partial charge in [0.05, 0.1) is 36.7 Å². The minimum Gasteiger partial charge on any atom is -0.487 e. The van der Waals surface area contributed by atoms with Crippen LogP contribution in [-0.4, -0.2) is 62.6 Å². The van der Waals surface area contributed by atoms with E-state index in [4.69, 9.17) is 19.4 Å². The van der Waals surface area contributed by atoms with Gasteiger partial charge in [0.1, 0.15) is 23.1 Å². The average molecular weight is 433 g/mol. The first-order chi connectivity index (χ1) is 15.6. The highest BCUT2D eigenvalue weighted by atomic mass is 16.5. The van der Waals surface area contributed by atoms with Crippen LogP contribution in [0.1, 0.15) is 12.0 Å². The molecule has 4 heterocycles. The van der Waals surface area contributed by atoms with Gasteiger partial charge in [-0.1, -0.05) is 12.1 Å². The number of rotatable bonds is 2. The number of aromatic nitrogens is 4. The molecule has 0 spiro atoms. The van der Waals surface area contributed by atoms with E-state index in [0.717, 1.165) is 31.6 Å². The molecule has 6 rings (SSSR count). The number of aliphatic hydroxyl groups excluding tert-OH is 1. The first kappa shape index (κ1) is 19.3. The molecule has 2 aromatic carbocycles. The van der Waals surface area contributed by atoms with Crippen LogP contribution >= 0.6 is 0 Å². The zero-order chi connectivity index (χ0) is 21.8. The second kappa shape index (κ2) is 7.32. The third-order valence-electron chi connectivity index (χ3n) is 6.34. The molecule has 1 fully saturated rings. The van der Waals surface area contributed by atoms with Crippen molar-refractivity contribution in [2.75, 3.05) is 26.7 Å². The van der Waals surface area contributed by atoms with Crippen LogP contribution in [0.4, 0.5) is 0 Å². The van der Waals surface area contributed by atoms with E-state index in [2.05, 4.69) is 10.00 Å². The van der Waals surface area contributed by atoms with Gasteiger partial charge in [-0.3, -0.25) is 19.5 Å². The Morgan fingerprint density at radius 2 is 2.16 bits per heavy atom. The molecule has 9 heteroatoms. The van der Waals surface area contributed by atoms with E-state index in [1.807, 2.05) is 24.3 Å². The summed E-state index contributed by atoms with van der Waals surface area (Å²) < 4.78 is 13.6. The maximum atomic E-state index is 13.0. The number of nitrogens with one attached hydrogen (secondary N) is 1. The Kier molecular flexibility index (Phi) is 4.41. The molecule has 6 bridgehead atoms. The Bertz CT molecular complexity index is 1410. The van der Waals surface area contributed by atoms with Gasteiger partial charge in [-0.05, 0) is 30.2 Å².